The number of anilines is 1. The second-order valence-corrected chi connectivity index (χ2v) is 5.10. The zero-order valence-corrected chi connectivity index (χ0v) is 13.6. The Morgan fingerprint density at radius 3 is 2.50 bits per heavy atom. The Balaban J connectivity index is 2.28. The molecule has 22 heavy (non-hydrogen) atoms. The van der Waals surface area contributed by atoms with E-state index in [4.69, 9.17) is 21.1 Å². The molecule has 1 aromatic heterocycles. The number of aromatic nitrogens is 1. The van der Waals surface area contributed by atoms with Crippen LogP contribution in [0, 0.1) is 13.8 Å². The van der Waals surface area contributed by atoms with E-state index < -0.39 is 0 Å². The maximum absolute atomic E-state index is 12.4. The molecule has 116 valence electrons. The van der Waals surface area contributed by atoms with E-state index >= 15 is 0 Å². The molecule has 0 bridgehead atoms. The summed E-state index contributed by atoms with van der Waals surface area (Å²) in [5.74, 6) is 0.785. The summed E-state index contributed by atoms with van der Waals surface area (Å²) in [6, 6.07) is 4.96. The van der Waals surface area contributed by atoms with Crippen molar-refractivity contribution in [2.45, 2.75) is 13.8 Å². The smallest absolute Gasteiger partial charge is 0.255 e. The summed E-state index contributed by atoms with van der Waals surface area (Å²) in [6.45, 7) is 3.65. The predicted octanol–water partition coefficient (Wildman–Crippen LogP) is 3.62. The standard InChI is InChI=1S/C16H17ClN2O3/c1-9-12(8-18-10(2)15(9)17)19-16(20)11-5-6-13(21-3)14(7-11)22-4/h5-8H,1-4H3,(H,19,20). The van der Waals surface area contributed by atoms with Crippen LogP contribution < -0.4 is 14.8 Å². The van der Waals surface area contributed by atoms with Gasteiger partial charge in [-0.3, -0.25) is 9.78 Å². The zero-order valence-electron chi connectivity index (χ0n) is 12.9. The Kier molecular flexibility index (Phi) is 4.88. The van der Waals surface area contributed by atoms with E-state index in [0.29, 0.717) is 27.8 Å². The average molecular weight is 321 g/mol. The first-order chi connectivity index (χ1) is 10.5. The van der Waals surface area contributed by atoms with Crippen LogP contribution in [0.15, 0.2) is 24.4 Å². The maximum Gasteiger partial charge on any atom is 0.255 e. The quantitative estimate of drug-likeness (QED) is 0.934. The van der Waals surface area contributed by atoms with Gasteiger partial charge >= 0.3 is 0 Å². The molecule has 0 fully saturated rings. The number of methoxy groups -OCH3 is 2. The Hall–Kier alpha value is -2.27. The van der Waals surface area contributed by atoms with Crippen molar-refractivity contribution in [1.82, 2.24) is 4.98 Å². The number of carbonyl (C=O) groups excluding carboxylic acids is 1. The highest BCUT2D eigenvalue weighted by molar-refractivity contribution is 6.32. The van der Waals surface area contributed by atoms with Gasteiger partial charge in [0, 0.05) is 5.56 Å². The number of hydrogen-bond donors (Lipinski definition) is 1. The van der Waals surface area contributed by atoms with Gasteiger partial charge in [-0.2, -0.15) is 0 Å². The summed E-state index contributed by atoms with van der Waals surface area (Å²) in [5, 5.41) is 3.35. The Bertz CT molecular complexity index is 717. The van der Waals surface area contributed by atoms with Gasteiger partial charge in [0.05, 0.1) is 36.8 Å². The highest BCUT2D eigenvalue weighted by Crippen LogP contribution is 2.29. The second-order valence-electron chi connectivity index (χ2n) is 4.72. The van der Waals surface area contributed by atoms with Crippen molar-refractivity contribution >= 4 is 23.2 Å². The van der Waals surface area contributed by atoms with Gasteiger partial charge in [0.25, 0.3) is 5.91 Å². The molecule has 0 aliphatic heterocycles. The number of halogens is 1. The number of pyridine rings is 1. The molecule has 0 saturated carbocycles. The largest absolute Gasteiger partial charge is 0.493 e. The number of amides is 1. The number of rotatable bonds is 4. The van der Waals surface area contributed by atoms with Gasteiger partial charge in [-0.05, 0) is 37.6 Å². The van der Waals surface area contributed by atoms with Crippen LogP contribution in [0.4, 0.5) is 5.69 Å². The summed E-state index contributed by atoms with van der Waals surface area (Å²) >= 11 is 6.15. The van der Waals surface area contributed by atoms with E-state index in [9.17, 15) is 4.79 Å². The van der Waals surface area contributed by atoms with Crippen LogP contribution in [0.1, 0.15) is 21.6 Å². The molecule has 0 atom stereocenters. The molecule has 2 rings (SSSR count). The number of aryl methyl sites for hydroxylation is 1. The van der Waals surface area contributed by atoms with Gasteiger partial charge in [0.1, 0.15) is 0 Å². The van der Waals surface area contributed by atoms with Crippen LogP contribution in [0.2, 0.25) is 5.02 Å². The first-order valence-corrected chi connectivity index (χ1v) is 7.00. The van der Waals surface area contributed by atoms with Crippen molar-refractivity contribution < 1.29 is 14.3 Å². The van der Waals surface area contributed by atoms with Crippen molar-refractivity contribution in [2.24, 2.45) is 0 Å². The van der Waals surface area contributed by atoms with Crippen molar-refractivity contribution in [3.05, 3.63) is 46.2 Å². The Morgan fingerprint density at radius 2 is 1.86 bits per heavy atom. The third-order valence-corrected chi connectivity index (χ3v) is 3.89. The van der Waals surface area contributed by atoms with E-state index in [1.165, 1.54) is 7.11 Å². The van der Waals surface area contributed by atoms with Crippen molar-refractivity contribution in [3.63, 3.8) is 0 Å². The summed E-state index contributed by atoms with van der Waals surface area (Å²) in [6.07, 6.45) is 1.59. The summed E-state index contributed by atoms with van der Waals surface area (Å²) < 4.78 is 10.4. The molecule has 0 radical (unpaired) electrons. The molecular formula is C16H17ClN2O3. The lowest BCUT2D eigenvalue weighted by atomic mass is 10.1. The van der Waals surface area contributed by atoms with Crippen molar-refractivity contribution in [3.8, 4) is 11.5 Å². The molecule has 2 aromatic rings. The van der Waals surface area contributed by atoms with Crippen LogP contribution in [-0.2, 0) is 0 Å². The Labute approximate surface area is 134 Å². The van der Waals surface area contributed by atoms with Crippen LogP contribution in [0.25, 0.3) is 0 Å². The van der Waals surface area contributed by atoms with E-state index in [1.807, 2.05) is 13.8 Å². The number of hydrogen-bond acceptors (Lipinski definition) is 4. The van der Waals surface area contributed by atoms with Gasteiger partial charge in [-0.1, -0.05) is 11.6 Å². The van der Waals surface area contributed by atoms with Gasteiger partial charge in [-0.25, -0.2) is 0 Å². The van der Waals surface area contributed by atoms with E-state index in [1.54, 1.807) is 31.5 Å². The second kappa shape index (κ2) is 6.66. The Morgan fingerprint density at radius 1 is 1.18 bits per heavy atom. The molecule has 5 nitrogen and oxygen atoms in total. The predicted molar refractivity (Wildman–Crippen MR) is 86.2 cm³/mol. The number of nitrogens with one attached hydrogen (secondary N) is 1. The third-order valence-electron chi connectivity index (χ3n) is 3.33. The summed E-state index contributed by atoms with van der Waals surface area (Å²) in [5.41, 5.74) is 2.54. The topological polar surface area (TPSA) is 60.5 Å². The number of nitrogens with zero attached hydrogens (tertiary/aromatic N) is 1. The number of benzene rings is 1. The van der Waals surface area contributed by atoms with Crippen LogP contribution in [0.5, 0.6) is 11.5 Å². The zero-order chi connectivity index (χ0) is 16.3. The molecule has 1 N–H and O–H groups in total. The summed E-state index contributed by atoms with van der Waals surface area (Å²) in [7, 11) is 3.06. The SMILES string of the molecule is COc1ccc(C(=O)Nc2cnc(C)c(Cl)c2C)cc1OC. The molecule has 0 aliphatic carbocycles. The number of ether oxygens (including phenoxy) is 2. The molecule has 1 heterocycles. The fourth-order valence-corrected chi connectivity index (χ4v) is 2.15. The minimum atomic E-state index is -0.272. The molecule has 0 saturated heterocycles. The van der Waals surface area contributed by atoms with Crippen molar-refractivity contribution in [2.75, 3.05) is 19.5 Å². The first kappa shape index (κ1) is 16.1. The molecule has 0 aliphatic rings. The lowest BCUT2D eigenvalue weighted by molar-refractivity contribution is 0.102. The van der Waals surface area contributed by atoms with Crippen molar-refractivity contribution in [1.29, 1.82) is 0 Å². The van der Waals surface area contributed by atoms with Crippen LogP contribution in [0.3, 0.4) is 0 Å². The fraction of sp³-hybridized carbons (Fsp3) is 0.250. The van der Waals surface area contributed by atoms with E-state index in [-0.39, 0.29) is 5.91 Å². The van der Waals surface area contributed by atoms with E-state index in [2.05, 4.69) is 10.3 Å². The third kappa shape index (κ3) is 3.14. The minimum Gasteiger partial charge on any atom is -0.493 e. The monoisotopic (exact) mass is 320 g/mol. The van der Waals surface area contributed by atoms with Gasteiger partial charge in [0.15, 0.2) is 11.5 Å². The summed E-state index contributed by atoms with van der Waals surface area (Å²) in [4.78, 5) is 16.5. The number of carbonyl (C=O) groups is 1. The van der Waals surface area contributed by atoms with Crippen LogP contribution >= 0.6 is 11.6 Å². The van der Waals surface area contributed by atoms with Gasteiger partial charge < -0.3 is 14.8 Å². The van der Waals surface area contributed by atoms with Crippen LogP contribution in [-0.4, -0.2) is 25.1 Å². The fourth-order valence-electron chi connectivity index (χ4n) is 2.00. The molecule has 0 unspecified atom stereocenters. The molecule has 6 heteroatoms. The normalized spacial score (nSPS) is 10.2. The highest BCUT2D eigenvalue weighted by atomic mass is 35.5. The highest BCUT2D eigenvalue weighted by Gasteiger charge is 2.13. The lowest BCUT2D eigenvalue weighted by Gasteiger charge is -2.12. The maximum atomic E-state index is 12.4. The molecule has 1 amide bonds. The van der Waals surface area contributed by atoms with E-state index in [0.717, 1.165) is 11.3 Å². The molecule has 0 spiro atoms. The van der Waals surface area contributed by atoms with Gasteiger partial charge in [0.2, 0.25) is 0 Å². The van der Waals surface area contributed by atoms with Gasteiger partial charge in [-0.15, -0.1) is 0 Å². The minimum absolute atomic E-state index is 0.272. The first-order valence-electron chi connectivity index (χ1n) is 6.63. The lowest BCUT2D eigenvalue weighted by Crippen LogP contribution is -2.13. The molecule has 1 aromatic carbocycles. The average Bonchev–Trinajstić information content (AvgIpc) is 2.54. The molecular weight excluding hydrogens is 304 g/mol.